The highest BCUT2D eigenvalue weighted by molar-refractivity contribution is 6.03. The van der Waals surface area contributed by atoms with Gasteiger partial charge in [-0.25, -0.2) is 0 Å². The summed E-state index contributed by atoms with van der Waals surface area (Å²) in [6.07, 6.45) is 3.46. The van der Waals surface area contributed by atoms with E-state index < -0.39 is 0 Å². The highest BCUT2D eigenvalue weighted by Crippen LogP contribution is 2.20. The average Bonchev–Trinajstić information content (AvgIpc) is 3.08. The van der Waals surface area contributed by atoms with Gasteiger partial charge in [0.1, 0.15) is 11.6 Å². The maximum atomic E-state index is 12.2. The second kappa shape index (κ2) is 6.63. The lowest BCUT2D eigenvalue weighted by Gasteiger charge is -2.05. The van der Waals surface area contributed by atoms with Crippen molar-refractivity contribution in [1.82, 2.24) is 10.3 Å². The van der Waals surface area contributed by atoms with Crippen LogP contribution in [0.3, 0.4) is 0 Å². The van der Waals surface area contributed by atoms with E-state index in [0.29, 0.717) is 6.54 Å². The first kappa shape index (κ1) is 14.6. The van der Waals surface area contributed by atoms with Crippen molar-refractivity contribution < 1.29 is 4.79 Å². The molecule has 2 N–H and O–H groups in total. The second-order valence-electron chi connectivity index (χ2n) is 5.12. The zero-order valence-corrected chi connectivity index (χ0v) is 12.4. The van der Waals surface area contributed by atoms with Crippen molar-refractivity contribution >= 4 is 22.9 Å². The molecule has 1 amide bonds. The summed E-state index contributed by atoms with van der Waals surface area (Å²) in [6.45, 7) is 0.396. The Balaban J connectivity index is 1.80. The largest absolute Gasteiger partial charge is 0.361 e. The van der Waals surface area contributed by atoms with Crippen molar-refractivity contribution in [3.63, 3.8) is 0 Å². The molecule has 4 nitrogen and oxygen atoms in total. The molecule has 0 fully saturated rings. The van der Waals surface area contributed by atoms with Gasteiger partial charge in [-0.2, -0.15) is 5.26 Å². The lowest BCUT2D eigenvalue weighted by Crippen LogP contribution is -2.23. The Hall–Kier alpha value is -3.32. The minimum Gasteiger partial charge on any atom is -0.361 e. The molecule has 0 aliphatic heterocycles. The fourth-order valence-corrected chi connectivity index (χ4v) is 2.41. The predicted octanol–water partition coefficient (Wildman–Crippen LogP) is 3.39. The Labute approximate surface area is 134 Å². The van der Waals surface area contributed by atoms with E-state index in [1.54, 1.807) is 6.08 Å². The van der Waals surface area contributed by atoms with E-state index >= 15 is 0 Å². The van der Waals surface area contributed by atoms with E-state index in [9.17, 15) is 10.1 Å². The molecule has 3 rings (SSSR count). The first-order chi connectivity index (χ1) is 11.3. The van der Waals surface area contributed by atoms with Crippen molar-refractivity contribution in [3.8, 4) is 6.07 Å². The highest BCUT2D eigenvalue weighted by atomic mass is 16.1. The first-order valence-electron chi connectivity index (χ1n) is 7.28. The zero-order chi connectivity index (χ0) is 16.1. The number of rotatable bonds is 4. The van der Waals surface area contributed by atoms with Crippen LogP contribution in [0.2, 0.25) is 0 Å². The molecule has 0 radical (unpaired) electrons. The number of nitrogens with zero attached hydrogens (tertiary/aromatic N) is 1. The van der Waals surface area contributed by atoms with Gasteiger partial charge >= 0.3 is 0 Å². The maximum absolute atomic E-state index is 12.2. The number of H-pyrrole nitrogens is 1. The van der Waals surface area contributed by atoms with Gasteiger partial charge in [0.25, 0.3) is 5.91 Å². The number of amides is 1. The highest BCUT2D eigenvalue weighted by Gasteiger charge is 2.10. The van der Waals surface area contributed by atoms with E-state index in [2.05, 4.69) is 10.3 Å². The number of hydrogen-bond acceptors (Lipinski definition) is 2. The number of aromatic nitrogens is 1. The molecule has 1 heterocycles. The SMILES string of the molecule is N#C/C(=C\c1cccc2[nH]ccc12)C(=O)NCc1ccccc1. The molecule has 3 aromatic rings. The number of nitrogens with one attached hydrogen (secondary N) is 2. The molecule has 0 atom stereocenters. The third-order valence-corrected chi connectivity index (χ3v) is 3.59. The Morgan fingerprint density at radius 3 is 2.74 bits per heavy atom. The normalized spacial score (nSPS) is 11.2. The average molecular weight is 301 g/mol. The van der Waals surface area contributed by atoms with Crippen molar-refractivity contribution in [3.05, 3.63) is 77.5 Å². The first-order valence-corrected chi connectivity index (χ1v) is 7.28. The molecule has 0 saturated carbocycles. The summed E-state index contributed by atoms with van der Waals surface area (Å²) in [5.74, 6) is -0.371. The number of nitriles is 1. The van der Waals surface area contributed by atoms with Gasteiger partial charge in [-0.1, -0.05) is 42.5 Å². The summed E-state index contributed by atoms with van der Waals surface area (Å²) in [7, 11) is 0. The summed E-state index contributed by atoms with van der Waals surface area (Å²) in [5, 5.41) is 13.0. The molecule has 0 aliphatic carbocycles. The molecule has 1 aromatic heterocycles. The Bertz CT molecular complexity index is 901. The zero-order valence-electron chi connectivity index (χ0n) is 12.4. The predicted molar refractivity (Wildman–Crippen MR) is 90.2 cm³/mol. The summed E-state index contributed by atoms with van der Waals surface area (Å²) >= 11 is 0. The molecule has 112 valence electrons. The van der Waals surface area contributed by atoms with Crippen LogP contribution in [0.4, 0.5) is 0 Å². The summed E-state index contributed by atoms with van der Waals surface area (Å²) in [6, 6.07) is 19.2. The molecule has 0 bridgehead atoms. The number of hydrogen-bond donors (Lipinski definition) is 2. The second-order valence-corrected chi connectivity index (χ2v) is 5.12. The van der Waals surface area contributed by atoms with Gasteiger partial charge in [0.15, 0.2) is 0 Å². The van der Waals surface area contributed by atoms with Crippen LogP contribution >= 0.6 is 0 Å². The fraction of sp³-hybridized carbons (Fsp3) is 0.0526. The molecule has 0 saturated heterocycles. The molecule has 4 heteroatoms. The van der Waals surface area contributed by atoms with Gasteiger partial charge in [0.2, 0.25) is 0 Å². The fourth-order valence-electron chi connectivity index (χ4n) is 2.41. The number of aromatic amines is 1. The molecular formula is C19H15N3O. The van der Waals surface area contributed by atoms with Gasteiger partial charge in [0, 0.05) is 23.6 Å². The van der Waals surface area contributed by atoms with Gasteiger partial charge in [-0.3, -0.25) is 4.79 Å². The maximum Gasteiger partial charge on any atom is 0.262 e. The molecular weight excluding hydrogens is 286 g/mol. The van der Waals surface area contributed by atoms with E-state index in [1.807, 2.05) is 66.9 Å². The van der Waals surface area contributed by atoms with Crippen molar-refractivity contribution in [2.75, 3.05) is 0 Å². The number of carbonyl (C=O) groups excluding carboxylic acids is 1. The van der Waals surface area contributed by atoms with Crippen molar-refractivity contribution in [2.24, 2.45) is 0 Å². The van der Waals surface area contributed by atoms with E-state index in [1.165, 1.54) is 0 Å². The minimum atomic E-state index is -0.371. The Morgan fingerprint density at radius 2 is 1.96 bits per heavy atom. The van der Waals surface area contributed by atoms with Crippen LogP contribution in [0.15, 0.2) is 66.4 Å². The standard InChI is InChI=1S/C19H15N3O/c20-12-16(19(23)22-13-14-5-2-1-3-6-14)11-15-7-4-8-18-17(15)9-10-21-18/h1-11,21H,13H2,(H,22,23)/b16-11+. The third-order valence-electron chi connectivity index (χ3n) is 3.59. The smallest absolute Gasteiger partial charge is 0.262 e. The van der Waals surface area contributed by atoms with Gasteiger partial charge < -0.3 is 10.3 Å². The summed E-state index contributed by atoms with van der Waals surface area (Å²) in [5.41, 5.74) is 2.90. The number of fused-ring (bicyclic) bond motifs is 1. The molecule has 23 heavy (non-hydrogen) atoms. The summed E-state index contributed by atoms with van der Waals surface area (Å²) in [4.78, 5) is 15.3. The van der Waals surface area contributed by atoms with Gasteiger partial charge in [0.05, 0.1) is 0 Å². The quantitative estimate of drug-likeness (QED) is 0.573. The van der Waals surface area contributed by atoms with Crippen LogP contribution in [0, 0.1) is 11.3 Å². The van der Waals surface area contributed by atoms with Crippen LogP contribution in [-0.2, 0) is 11.3 Å². The monoisotopic (exact) mass is 301 g/mol. The molecule has 0 aliphatic rings. The van der Waals surface area contributed by atoms with E-state index in [4.69, 9.17) is 0 Å². The van der Waals surface area contributed by atoms with E-state index in [0.717, 1.165) is 22.0 Å². The van der Waals surface area contributed by atoms with Crippen molar-refractivity contribution in [2.45, 2.75) is 6.54 Å². The van der Waals surface area contributed by atoms with Crippen LogP contribution in [0.25, 0.3) is 17.0 Å². The number of carbonyl (C=O) groups is 1. The van der Waals surface area contributed by atoms with Crippen LogP contribution in [-0.4, -0.2) is 10.9 Å². The van der Waals surface area contributed by atoms with Crippen LogP contribution < -0.4 is 5.32 Å². The minimum absolute atomic E-state index is 0.0923. The van der Waals surface area contributed by atoms with Crippen LogP contribution in [0.5, 0.6) is 0 Å². The number of benzene rings is 2. The Kier molecular flexibility index (Phi) is 4.21. The molecule has 2 aromatic carbocycles. The molecule has 0 spiro atoms. The van der Waals surface area contributed by atoms with E-state index in [-0.39, 0.29) is 11.5 Å². The van der Waals surface area contributed by atoms with Gasteiger partial charge in [-0.15, -0.1) is 0 Å². The van der Waals surface area contributed by atoms with Crippen LogP contribution in [0.1, 0.15) is 11.1 Å². The third kappa shape index (κ3) is 3.30. The Morgan fingerprint density at radius 1 is 1.13 bits per heavy atom. The lowest BCUT2D eigenvalue weighted by atomic mass is 10.1. The summed E-state index contributed by atoms with van der Waals surface area (Å²) < 4.78 is 0. The molecule has 0 unspecified atom stereocenters. The van der Waals surface area contributed by atoms with Gasteiger partial charge in [-0.05, 0) is 29.3 Å². The van der Waals surface area contributed by atoms with Crippen molar-refractivity contribution in [1.29, 1.82) is 5.26 Å². The lowest BCUT2D eigenvalue weighted by molar-refractivity contribution is -0.117. The topological polar surface area (TPSA) is 68.7 Å².